The minimum absolute atomic E-state index is 0.126. The predicted octanol–water partition coefficient (Wildman–Crippen LogP) is 4.25. The van der Waals surface area contributed by atoms with Gasteiger partial charge in [0.25, 0.3) is 5.91 Å². The van der Waals surface area contributed by atoms with E-state index in [1.807, 2.05) is 60.1 Å². The molecular formula is C22H18N6OS. The van der Waals surface area contributed by atoms with Crippen molar-refractivity contribution in [1.82, 2.24) is 24.8 Å². The highest BCUT2D eigenvalue weighted by Crippen LogP contribution is 2.29. The molecule has 3 aromatic heterocycles. The number of carbonyl (C=O) groups excluding carboxylic acids is 1. The van der Waals surface area contributed by atoms with Gasteiger partial charge in [-0.1, -0.05) is 29.5 Å². The van der Waals surface area contributed by atoms with Gasteiger partial charge in [-0.2, -0.15) is 0 Å². The summed E-state index contributed by atoms with van der Waals surface area (Å²) >= 11 is 1.49. The van der Waals surface area contributed by atoms with Crippen LogP contribution in [0.2, 0.25) is 0 Å². The summed E-state index contributed by atoms with van der Waals surface area (Å²) in [4.78, 5) is 25.8. The first kappa shape index (κ1) is 18.3. The Morgan fingerprint density at radius 3 is 2.80 bits per heavy atom. The van der Waals surface area contributed by atoms with Gasteiger partial charge in [-0.15, -0.1) is 0 Å². The van der Waals surface area contributed by atoms with E-state index < -0.39 is 0 Å². The van der Waals surface area contributed by atoms with Crippen LogP contribution in [0.25, 0.3) is 21.3 Å². The van der Waals surface area contributed by atoms with Crippen LogP contribution in [-0.4, -0.2) is 25.4 Å². The number of benzene rings is 2. The molecule has 30 heavy (non-hydrogen) atoms. The number of carbonyl (C=O) groups is 1. The Morgan fingerprint density at radius 2 is 1.97 bits per heavy atom. The van der Waals surface area contributed by atoms with Gasteiger partial charge in [-0.05, 0) is 42.0 Å². The van der Waals surface area contributed by atoms with Crippen molar-refractivity contribution >= 4 is 49.6 Å². The minimum atomic E-state index is -0.126. The van der Waals surface area contributed by atoms with Gasteiger partial charge in [0.1, 0.15) is 0 Å². The molecule has 5 rings (SSSR count). The van der Waals surface area contributed by atoms with Crippen LogP contribution < -0.4 is 10.6 Å². The van der Waals surface area contributed by atoms with Gasteiger partial charge < -0.3 is 15.2 Å². The fourth-order valence-corrected chi connectivity index (χ4v) is 4.16. The zero-order valence-corrected chi connectivity index (χ0v) is 17.0. The lowest BCUT2D eigenvalue weighted by Gasteiger charge is -2.04. The van der Waals surface area contributed by atoms with Crippen LogP contribution in [0, 0.1) is 0 Å². The van der Waals surface area contributed by atoms with Gasteiger partial charge in [-0.25, -0.2) is 9.97 Å². The van der Waals surface area contributed by atoms with E-state index in [9.17, 15) is 4.79 Å². The Bertz CT molecular complexity index is 1360. The topological polar surface area (TPSA) is 84.7 Å². The van der Waals surface area contributed by atoms with Crippen LogP contribution in [0.5, 0.6) is 0 Å². The summed E-state index contributed by atoms with van der Waals surface area (Å²) in [5, 5.41) is 6.96. The SMILES string of the molecule is Cn1c(Nc2nc3ccc(C(=O)NCc4cccnc4)cc3s2)nc2ccccc21. The minimum Gasteiger partial charge on any atom is -0.348 e. The van der Waals surface area contributed by atoms with E-state index in [2.05, 4.69) is 25.6 Å². The van der Waals surface area contributed by atoms with Crippen LogP contribution in [0.1, 0.15) is 15.9 Å². The summed E-state index contributed by atoms with van der Waals surface area (Å²) < 4.78 is 2.93. The van der Waals surface area contributed by atoms with Crippen molar-refractivity contribution in [3.63, 3.8) is 0 Å². The highest BCUT2D eigenvalue weighted by atomic mass is 32.1. The second-order valence-corrected chi connectivity index (χ2v) is 7.88. The molecule has 0 radical (unpaired) electrons. The third-order valence-corrected chi connectivity index (χ3v) is 5.77. The lowest BCUT2D eigenvalue weighted by atomic mass is 10.2. The molecule has 8 heteroatoms. The van der Waals surface area contributed by atoms with Crippen LogP contribution in [-0.2, 0) is 13.6 Å². The highest BCUT2D eigenvalue weighted by Gasteiger charge is 2.12. The molecule has 0 fully saturated rings. The molecule has 0 atom stereocenters. The average Bonchev–Trinajstić information content (AvgIpc) is 3.33. The van der Waals surface area contributed by atoms with E-state index in [1.54, 1.807) is 18.5 Å². The van der Waals surface area contributed by atoms with Gasteiger partial charge in [0.15, 0.2) is 5.13 Å². The Hall–Kier alpha value is -3.78. The van der Waals surface area contributed by atoms with E-state index in [4.69, 9.17) is 0 Å². The lowest BCUT2D eigenvalue weighted by molar-refractivity contribution is 0.0951. The number of anilines is 2. The van der Waals surface area contributed by atoms with Crippen molar-refractivity contribution in [2.24, 2.45) is 7.05 Å². The first-order valence-electron chi connectivity index (χ1n) is 9.43. The first-order valence-corrected chi connectivity index (χ1v) is 10.3. The number of aryl methyl sites for hydroxylation is 1. The van der Waals surface area contributed by atoms with E-state index in [0.717, 1.165) is 37.9 Å². The molecule has 5 aromatic rings. The summed E-state index contributed by atoms with van der Waals surface area (Å²) in [5.74, 6) is 0.601. The largest absolute Gasteiger partial charge is 0.348 e. The molecule has 2 N–H and O–H groups in total. The molecule has 2 aromatic carbocycles. The Balaban J connectivity index is 1.35. The number of fused-ring (bicyclic) bond motifs is 2. The summed E-state index contributed by atoms with van der Waals surface area (Å²) in [6.45, 7) is 0.437. The molecule has 0 saturated carbocycles. The number of nitrogens with one attached hydrogen (secondary N) is 2. The summed E-state index contributed by atoms with van der Waals surface area (Å²) in [6.07, 6.45) is 3.45. The third-order valence-electron chi connectivity index (χ3n) is 4.83. The second kappa shape index (κ2) is 7.57. The summed E-state index contributed by atoms with van der Waals surface area (Å²) in [5.41, 5.74) is 4.37. The van der Waals surface area contributed by atoms with Crippen molar-refractivity contribution in [2.45, 2.75) is 6.54 Å². The van der Waals surface area contributed by atoms with Gasteiger partial charge in [0.2, 0.25) is 5.95 Å². The fraction of sp³-hybridized carbons (Fsp3) is 0.0909. The number of hydrogen-bond acceptors (Lipinski definition) is 6. The quantitative estimate of drug-likeness (QED) is 0.449. The Kier molecular flexibility index (Phi) is 4.61. The molecule has 7 nitrogen and oxygen atoms in total. The molecule has 0 bridgehead atoms. The molecule has 148 valence electrons. The fourth-order valence-electron chi connectivity index (χ4n) is 3.26. The maximum Gasteiger partial charge on any atom is 0.251 e. The predicted molar refractivity (Wildman–Crippen MR) is 119 cm³/mol. The number of nitrogens with zero attached hydrogens (tertiary/aromatic N) is 4. The second-order valence-electron chi connectivity index (χ2n) is 6.85. The van der Waals surface area contributed by atoms with Crippen LogP contribution in [0.3, 0.4) is 0 Å². The van der Waals surface area contributed by atoms with Crippen LogP contribution in [0.4, 0.5) is 11.1 Å². The van der Waals surface area contributed by atoms with E-state index in [1.165, 1.54) is 11.3 Å². The Morgan fingerprint density at radius 1 is 1.07 bits per heavy atom. The number of rotatable bonds is 5. The van der Waals surface area contributed by atoms with Crippen molar-refractivity contribution in [3.8, 4) is 0 Å². The number of pyridine rings is 1. The number of amides is 1. The third kappa shape index (κ3) is 3.48. The van der Waals surface area contributed by atoms with Crippen LogP contribution in [0.15, 0.2) is 67.0 Å². The molecule has 0 aliphatic rings. The molecule has 0 aliphatic carbocycles. The van der Waals surface area contributed by atoms with Crippen molar-refractivity contribution in [2.75, 3.05) is 5.32 Å². The van der Waals surface area contributed by atoms with Crippen molar-refractivity contribution < 1.29 is 4.79 Å². The maximum atomic E-state index is 12.5. The number of thiazole rings is 1. The van der Waals surface area contributed by atoms with E-state index in [-0.39, 0.29) is 5.91 Å². The summed E-state index contributed by atoms with van der Waals surface area (Å²) in [6, 6.07) is 17.3. The Labute approximate surface area is 176 Å². The van der Waals surface area contributed by atoms with E-state index >= 15 is 0 Å². The molecule has 3 heterocycles. The van der Waals surface area contributed by atoms with Crippen LogP contribution >= 0.6 is 11.3 Å². The molecular weight excluding hydrogens is 396 g/mol. The number of imidazole rings is 1. The number of aromatic nitrogens is 4. The van der Waals surface area contributed by atoms with Gasteiger partial charge in [0.05, 0.1) is 21.3 Å². The molecule has 1 amide bonds. The van der Waals surface area contributed by atoms with Crippen molar-refractivity contribution in [3.05, 3.63) is 78.1 Å². The van der Waals surface area contributed by atoms with E-state index in [0.29, 0.717) is 12.1 Å². The monoisotopic (exact) mass is 414 g/mol. The smallest absolute Gasteiger partial charge is 0.251 e. The average molecular weight is 414 g/mol. The lowest BCUT2D eigenvalue weighted by Crippen LogP contribution is -2.22. The van der Waals surface area contributed by atoms with Gasteiger partial charge >= 0.3 is 0 Å². The molecule has 0 spiro atoms. The zero-order valence-electron chi connectivity index (χ0n) is 16.2. The van der Waals surface area contributed by atoms with Gasteiger partial charge in [0, 0.05) is 31.5 Å². The number of para-hydroxylation sites is 2. The van der Waals surface area contributed by atoms with Crippen molar-refractivity contribution in [1.29, 1.82) is 0 Å². The first-order chi connectivity index (χ1) is 14.7. The maximum absolute atomic E-state index is 12.5. The highest BCUT2D eigenvalue weighted by molar-refractivity contribution is 7.22. The number of hydrogen-bond donors (Lipinski definition) is 2. The normalized spacial score (nSPS) is 11.1. The molecule has 0 unspecified atom stereocenters. The zero-order chi connectivity index (χ0) is 20.5. The molecule has 0 saturated heterocycles. The standard InChI is InChI=1S/C22H18N6OS/c1-28-18-7-3-2-6-16(18)25-21(28)27-22-26-17-9-8-15(11-19(17)30-22)20(29)24-13-14-5-4-10-23-12-14/h2-12H,13H2,1H3,(H,24,29)(H,25,26,27). The summed E-state index contributed by atoms with van der Waals surface area (Å²) in [7, 11) is 1.97. The van der Waals surface area contributed by atoms with Gasteiger partial charge in [-0.3, -0.25) is 9.78 Å². The molecule has 0 aliphatic heterocycles.